The quantitative estimate of drug-likeness (QED) is 0.241. The molecule has 4 fully saturated rings. The minimum atomic E-state index is -0.624. The van der Waals surface area contributed by atoms with E-state index in [2.05, 4.69) is 38.1 Å². The van der Waals surface area contributed by atoms with Crippen molar-refractivity contribution in [3.05, 3.63) is 47.5 Å². The molecule has 5 rings (SSSR count). The van der Waals surface area contributed by atoms with Crippen LogP contribution in [0.2, 0.25) is 0 Å². The summed E-state index contributed by atoms with van der Waals surface area (Å²) in [6.45, 7) is 5.14. The summed E-state index contributed by atoms with van der Waals surface area (Å²) in [5.41, 5.74) is 3.68. The Kier molecular flexibility index (Phi) is 7.73. The molecule has 1 aromatic rings. The van der Waals surface area contributed by atoms with Crippen LogP contribution in [0.25, 0.3) is 0 Å². The van der Waals surface area contributed by atoms with Crippen molar-refractivity contribution in [1.29, 1.82) is 0 Å². The van der Waals surface area contributed by atoms with Crippen molar-refractivity contribution in [3.63, 3.8) is 0 Å². The van der Waals surface area contributed by atoms with Gasteiger partial charge in [0.15, 0.2) is 0 Å². The van der Waals surface area contributed by atoms with E-state index < -0.39 is 6.29 Å². The van der Waals surface area contributed by atoms with Crippen LogP contribution in [-0.2, 0) is 24.4 Å². The maximum atomic E-state index is 11.9. The van der Waals surface area contributed by atoms with Crippen molar-refractivity contribution in [1.82, 2.24) is 0 Å². The zero-order valence-electron chi connectivity index (χ0n) is 19.9. The lowest BCUT2D eigenvalue weighted by Crippen LogP contribution is -2.44. The summed E-state index contributed by atoms with van der Waals surface area (Å²) >= 11 is 0. The monoisotopic (exact) mass is 440 g/mol. The van der Waals surface area contributed by atoms with Gasteiger partial charge in [-0.25, -0.2) is 4.79 Å². The largest absolute Gasteiger partial charge is 0.430 e. The maximum absolute atomic E-state index is 11.9. The van der Waals surface area contributed by atoms with E-state index in [4.69, 9.17) is 14.2 Å². The van der Waals surface area contributed by atoms with E-state index >= 15 is 0 Å². The molecule has 176 valence electrons. The molecular formula is C28H40O4. The van der Waals surface area contributed by atoms with Crippen molar-refractivity contribution in [2.45, 2.75) is 102 Å². The fourth-order valence-corrected chi connectivity index (χ4v) is 6.07. The van der Waals surface area contributed by atoms with E-state index in [1.807, 2.05) is 6.08 Å². The fourth-order valence-electron chi connectivity index (χ4n) is 6.07. The minimum absolute atomic E-state index is 0.105. The van der Waals surface area contributed by atoms with Gasteiger partial charge in [-0.1, -0.05) is 63.5 Å². The molecule has 0 spiro atoms. The van der Waals surface area contributed by atoms with Crippen LogP contribution in [0.5, 0.6) is 0 Å². The Bertz CT molecular complexity index is 749. The Labute approximate surface area is 193 Å². The van der Waals surface area contributed by atoms with Gasteiger partial charge in [0.1, 0.15) is 12.7 Å². The normalized spacial score (nSPS) is 32.3. The summed E-state index contributed by atoms with van der Waals surface area (Å²) in [4.78, 5) is 11.9. The summed E-state index contributed by atoms with van der Waals surface area (Å²) in [5.74, 6) is -0.361. The molecule has 1 heterocycles. The van der Waals surface area contributed by atoms with E-state index in [1.165, 1.54) is 63.0 Å². The molecule has 0 aromatic heterocycles. The minimum Gasteiger partial charge on any atom is -0.430 e. The zero-order valence-corrected chi connectivity index (χ0v) is 19.9. The van der Waals surface area contributed by atoms with Gasteiger partial charge in [-0.2, -0.15) is 0 Å². The second-order valence-electron chi connectivity index (χ2n) is 10.2. The molecule has 2 bridgehead atoms. The number of fused-ring (bicyclic) bond motifs is 3. The Morgan fingerprint density at radius 3 is 2.31 bits per heavy atom. The van der Waals surface area contributed by atoms with Crippen LogP contribution < -0.4 is 0 Å². The summed E-state index contributed by atoms with van der Waals surface area (Å²) in [5, 5.41) is 0. The molecule has 2 unspecified atom stereocenters. The van der Waals surface area contributed by atoms with Crippen LogP contribution in [0.4, 0.5) is 0 Å². The molecule has 2 atom stereocenters. The van der Waals surface area contributed by atoms with E-state index in [0.29, 0.717) is 17.4 Å². The predicted molar refractivity (Wildman–Crippen MR) is 126 cm³/mol. The third-order valence-corrected chi connectivity index (χ3v) is 8.17. The molecule has 4 nitrogen and oxygen atoms in total. The highest BCUT2D eigenvalue weighted by molar-refractivity contribution is 5.81. The van der Waals surface area contributed by atoms with Crippen molar-refractivity contribution >= 4 is 5.97 Å². The van der Waals surface area contributed by atoms with E-state index in [-0.39, 0.29) is 18.7 Å². The molecule has 4 heteroatoms. The van der Waals surface area contributed by atoms with Crippen LogP contribution >= 0.6 is 0 Å². The lowest BCUT2D eigenvalue weighted by atomic mass is 9.51. The summed E-state index contributed by atoms with van der Waals surface area (Å²) < 4.78 is 17.1. The van der Waals surface area contributed by atoms with Crippen LogP contribution in [0.3, 0.4) is 0 Å². The first-order valence-electron chi connectivity index (χ1n) is 12.8. The number of carbonyl (C=O) groups is 1. The molecular weight excluding hydrogens is 400 g/mol. The lowest BCUT2D eigenvalue weighted by molar-refractivity contribution is -0.230. The Morgan fingerprint density at radius 2 is 1.72 bits per heavy atom. The topological polar surface area (TPSA) is 44.8 Å². The molecule has 0 radical (unpaired) electrons. The Hall–Kier alpha value is -1.65. The standard InChI is InChI=1S/C28H40O4/c1-3-5-6-7-8-25(29)32-26-21-30-24(20-31-26)22-9-11-23(12-10-22)28-17-14-27(13-4-2,15-18-28)16-19-28/h7-12,24,26H,3-6,13-21H2,1-2H3. The van der Waals surface area contributed by atoms with Crippen molar-refractivity contribution in [2.24, 2.45) is 5.41 Å². The van der Waals surface area contributed by atoms with Gasteiger partial charge in [0.25, 0.3) is 0 Å². The number of carbonyl (C=O) groups excluding carboxylic acids is 1. The number of allylic oxidation sites excluding steroid dienone is 1. The van der Waals surface area contributed by atoms with Gasteiger partial charge in [-0.3, -0.25) is 0 Å². The van der Waals surface area contributed by atoms with E-state index in [9.17, 15) is 4.79 Å². The maximum Gasteiger partial charge on any atom is 0.332 e. The third kappa shape index (κ3) is 5.28. The third-order valence-electron chi connectivity index (χ3n) is 8.17. The molecule has 1 aliphatic heterocycles. The molecule has 32 heavy (non-hydrogen) atoms. The number of ether oxygens (including phenoxy) is 3. The first kappa shape index (κ1) is 23.5. The van der Waals surface area contributed by atoms with E-state index in [1.54, 1.807) is 0 Å². The zero-order chi connectivity index (χ0) is 22.4. The molecule has 4 aliphatic rings. The van der Waals surface area contributed by atoms with Crippen LogP contribution in [0.1, 0.15) is 102 Å². The smallest absolute Gasteiger partial charge is 0.332 e. The van der Waals surface area contributed by atoms with Gasteiger partial charge in [0.05, 0.1) is 6.61 Å². The SMILES string of the molecule is CCCCC=CC(=O)OC1COC(c2ccc(C34CCC(CCC)(CC3)CC4)cc2)CO1. The molecule has 3 saturated carbocycles. The lowest BCUT2D eigenvalue weighted by Gasteiger charge is -2.54. The Morgan fingerprint density at radius 1 is 1.00 bits per heavy atom. The molecule has 1 saturated heterocycles. The number of hydrogen-bond acceptors (Lipinski definition) is 4. The average Bonchev–Trinajstić information content (AvgIpc) is 2.84. The molecule has 0 amide bonds. The number of esters is 1. The van der Waals surface area contributed by atoms with Gasteiger partial charge >= 0.3 is 5.97 Å². The highest BCUT2D eigenvalue weighted by Gasteiger charge is 2.48. The van der Waals surface area contributed by atoms with Gasteiger partial charge in [0.2, 0.25) is 6.29 Å². The van der Waals surface area contributed by atoms with Crippen LogP contribution in [-0.4, -0.2) is 25.5 Å². The summed E-state index contributed by atoms with van der Waals surface area (Å²) in [6.07, 6.45) is 16.7. The predicted octanol–water partition coefficient (Wildman–Crippen LogP) is 6.78. The molecule has 3 aliphatic carbocycles. The first-order chi connectivity index (χ1) is 15.6. The van der Waals surface area contributed by atoms with Gasteiger partial charge < -0.3 is 14.2 Å². The number of unbranched alkanes of at least 4 members (excludes halogenated alkanes) is 2. The van der Waals surface area contributed by atoms with Crippen molar-refractivity contribution in [3.8, 4) is 0 Å². The summed E-state index contributed by atoms with van der Waals surface area (Å²) in [6, 6.07) is 9.07. The highest BCUT2D eigenvalue weighted by atomic mass is 16.7. The van der Waals surface area contributed by atoms with Crippen LogP contribution in [0.15, 0.2) is 36.4 Å². The van der Waals surface area contributed by atoms with Gasteiger partial charge in [-0.05, 0) is 73.3 Å². The van der Waals surface area contributed by atoms with Crippen molar-refractivity contribution in [2.75, 3.05) is 13.2 Å². The van der Waals surface area contributed by atoms with Crippen LogP contribution in [0, 0.1) is 5.41 Å². The van der Waals surface area contributed by atoms with Gasteiger partial charge in [0, 0.05) is 6.08 Å². The fraction of sp³-hybridized carbons (Fsp3) is 0.679. The van der Waals surface area contributed by atoms with Crippen molar-refractivity contribution < 1.29 is 19.0 Å². The second-order valence-corrected chi connectivity index (χ2v) is 10.2. The number of benzene rings is 1. The first-order valence-corrected chi connectivity index (χ1v) is 12.8. The second kappa shape index (κ2) is 10.5. The average molecular weight is 441 g/mol. The molecule has 1 aromatic carbocycles. The number of rotatable bonds is 9. The molecule has 0 N–H and O–H groups in total. The van der Waals surface area contributed by atoms with Gasteiger partial charge in [-0.15, -0.1) is 0 Å². The van der Waals surface area contributed by atoms with E-state index in [0.717, 1.165) is 24.8 Å². The summed E-state index contributed by atoms with van der Waals surface area (Å²) in [7, 11) is 0. The Balaban J connectivity index is 1.27. The highest BCUT2D eigenvalue weighted by Crippen LogP contribution is 2.59. The number of hydrogen-bond donors (Lipinski definition) is 0.